The maximum atomic E-state index is 10.2. The monoisotopic (exact) mass is 143 g/mol. The summed E-state index contributed by atoms with van der Waals surface area (Å²) in [5.74, 6) is -0.649. The van der Waals surface area contributed by atoms with Crippen LogP contribution in [0.5, 0.6) is 0 Å². The van der Waals surface area contributed by atoms with Crippen molar-refractivity contribution in [1.29, 1.82) is 0 Å². The molecule has 1 amide bonds. The second kappa shape index (κ2) is 4.99. The highest BCUT2D eigenvalue weighted by molar-refractivity contribution is 5.78. The summed E-state index contributed by atoms with van der Waals surface area (Å²) in [7, 11) is 0. The van der Waals surface area contributed by atoms with Crippen LogP contribution in [-0.2, 0) is 4.79 Å². The molecule has 10 heavy (non-hydrogen) atoms. The van der Waals surface area contributed by atoms with E-state index in [-0.39, 0.29) is 0 Å². The van der Waals surface area contributed by atoms with Crippen LogP contribution in [0, 0.1) is 0 Å². The van der Waals surface area contributed by atoms with Crippen LogP contribution < -0.4 is 5.73 Å². The lowest BCUT2D eigenvalue weighted by Gasteiger charge is -2.01. The quantitative estimate of drug-likeness (QED) is 0.552. The SMILES string of the molecule is CC=CCCC(O)C(N)=O. The molecule has 0 aliphatic carbocycles. The predicted octanol–water partition coefficient (Wildman–Crippen LogP) is 0.189. The highest BCUT2D eigenvalue weighted by atomic mass is 16.3. The van der Waals surface area contributed by atoms with Gasteiger partial charge in [0.1, 0.15) is 6.10 Å². The van der Waals surface area contributed by atoms with Gasteiger partial charge in [0, 0.05) is 0 Å². The Hall–Kier alpha value is -0.830. The van der Waals surface area contributed by atoms with E-state index in [0.29, 0.717) is 12.8 Å². The molecular formula is C7H13NO2. The van der Waals surface area contributed by atoms with E-state index in [1.807, 2.05) is 19.1 Å². The summed E-state index contributed by atoms with van der Waals surface area (Å²) in [4.78, 5) is 10.2. The molecule has 0 heterocycles. The number of aliphatic hydroxyl groups excluding tert-OH is 1. The summed E-state index contributed by atoms with van der Waals surface area (Å²) in [6, 6.07) is 0. The van der Waals surface area contributed by atoms with Crippen LogP contribution in [0.2, 0.25) is 0 Å². The highest BCUT2D eigenvalue weighted by Crippen LogP contribution is 1.96. The van der Waals surface area contributed by atoms with E-state index in [1.54, 1.807) is 0 Å². The normalized spacial score (nSPS) is 13.8. The van der Waals surface area contributed by atoms with Gasteiger partial charge in [-0.25, -0.2) is 0 Å². The molecule has 3 heteroatoms. The smallest absolute Gasteiger partial charge is 0.246 e. The van der Waals surface area contributed by atoms with Crippen molar-refractivity contribution in [3.8, 4) is 0 Å². The second-order valence-electron chi connectivity index (χ2n) is 2.06. The number of allylic oxidation sites excluding steroid dienone is 2. The van der Waals surface area contributed by atoms with Crippen molar-refractivity contribution in [3.05, 3.63) is 12.2 Å². The Balaban J connectivity index is 3.39. The summed E-state index contributed by atoms with van der Waals surface area (Å²) >= 11 is 0. The number of carbonyl (C=O) groups excluding carboxylic acids is 1. The number of aliphatic hydroxyl groups is 1. The van der Waals surface area contributed by atoms with E-state index >= 15 is 0 Å². The Morgan fingerprint density at radius 2 is 2.40 bits per heavy atom. The van der Waals surface area contributed by atoms with Gasteiger partial charge in [-0.2, -0.15) is 0 Å². The molecule has 0 radical (unpaired) electrons. The predicted molar refractivity (Wildman–Crippen MR) is 39.2 cm³/mol. The Labute approximate surface area is 60.5 Å². The molecule has 0 aliphatic heterocycles. The Bertz CT molecular complexity index is 132. The first kappa shape index (κ1) is 9.17. The lowest BCUT2D eigenvalue weighted by Crippen LogP contribution is -2.27. The first-order valence-electron chi connectivity index (χ1n) is 3.27. The Kier molecular flexibility index (Phi) is 4.58. The molecule has 0 aromatic heterocycles. The van der Waals surface area contributed by atoms with Gasteiger partial charge in [0.05, 0.1) is 0 Å². The van der Waals surface area contributed by atoms with E-state index in [1.165, 1.54) is 0 Å². The fraction of sp³-hybridized carbons (Fsp3) is 0.571. The van der Waals surface area contributed by atoms with Gasteiger partial charge in [0.2, 0.25) is 5.91 Å². The van der Waals surface area contributed by atoms with Gasteiger partial charge in [-0.1, -0.05) is 12.2 Å². The van der Waals surface area contributed by atoms with Gasteiger partial charge in [-0.3, -0.25) is 4.79 Å². The van der Waals surface area contributed by atoms with E-state index in [2.05, 4.69) is 0 Å². The van der Waals surface area contributed by atoms with Crippen molar-refractivity contribution in [2.24, 2.45) is 5.73 Å². The van der Waals surface area contributed by atoms with Crippen LogP contribution in [0.4, 0.5) is 0 Å². The third-order valence-electron chi connectivity index (χ3n) is 1.17. The average Bonchev–Trinajstić information content (AvgIpc) is 1.88. The lowest BCUT2D eigenvalue weighted by atomic mass is 10.2. The average molecular weight is 143 g/mol. The molecule has 1 atom stereocenters. The maximum absolute atomic E-state index is 10.2. The van der Waals surface area contributed by atoms with Crippen LogP contribution in [-0.4, -0.2) is 17.1 Å². The van der Waals surface area contributed by atoms with Gasteiger partial charge < -0.3 is 10.8 Å². The van der Waals surface area contributed by atoms with Crippen LogP contribution in [0.25, 0.3) is 0 Å². The molecule has 0 spiro atoms. The summed E-state index contributed by atoms with van der Waals surface area (Å²) < 4.78 is 0. The number of primary amides is 1. The number of hydrogen-bond donors (Lipinski definition) is 2. The molecule has 0 aromatic carbocycles. The minimum Gasteiger partial charge on any atom is -0.383 e. The molecule has 3 N–H and O–H groups in total. The standard InChI is InChI=1S/C7H13NO2/c1-2-3-4-5-6(9)7(8)10/h2-3,6,9H,4-5H2,1H3,(H2,8,10). The van der Waals surface area contributed by atoms with E-state index in [9.17, 15) is 4.79 Å². The minimum atomic E-state index is -0.990. The molecule has 0 bridgehead atoms. The number of carbonyl (C=O) groups is 1. The van der Waals surface area contributed by atoms with Gasteiger partial charge in [0.25, 0.3) is 0 Å². The fourth-order valence-electron chi connectivity index (χ4n) is 0.563. The summed E-state index contributed by atoms with van der Waals surface area (Å²) in [5, 5.41) is 8.84. The van der Waals surface area contributed by atoms with Crippen molar-refractivity contribution in [2.75, 3.05) is 0 Å². The van der Waals surface area contributed by atoms with E-state index in [0.717, 1.165) is 0 Å². The van der Waals surface area contributed by atoms with E-state index in [4.69, 9.17) is 10.8 Å². The van der Waals surface area contributed by atoms with Crippen molar-refractivity contribution in [1.82, 2.24) is 0 Å². The van der Waals surface area contributed by atoms with Crippen LogP contribution in [0.3, 0.4) is 0 Å². The van der Waals surface area contributed by atoms with Gasteiger partial charge >= 0.3 is 0 Å². The van der Waals surface area contributed by atoms with E-state index < -0.39 is 12.0 Å². The molecule has 0 aliphatic rings. The fourth-order valence-corrected chi connectivity index (χ4v) is 0.563. The van der Waals surface area contributed by atoms with Crippen molar-refractivity contribution < 1.29 is 9.90 Å². The molecular weight excluding hydrogens is 130 g/mol. The number of hydrogen-bond acceptors (Lipinski definition) is 2. The number of nitrogens with two attached hydrogens (primary N) is 1. The first-order chi connectivity index (χ1) is 4.68. The molecule has 1 unspecified atom stereocenters. The summed E-state index contributed by atoms with van der Waals surface area (Å²) in [5.41, 5.74) is 4.81. The Morgan fingerprint density at radius 1 is 1.80 bits per heavy atom. The van der Waals surface area contributed by atoms with Crippen LogP contribution in [0.15, 0.2) is 12.2 Å². The van der Waals surface area contributed by atoms with Gasteiger partial charge in [0.15, 0.2) is 0 Å². The zero-order valence-corrected chi connectivity index (χ0v) is 6.08. The molecule has 0 saturated heterocycles. The summed E-state index contributed by atoms with van der Waals surface area (Å²) in [6.45, 7) is 1.89. The molecule has 58 valence electrons. The number of rotatable bonds is 4. The largest absolute Gasteiger partial charge is 0.383 e. The molecule has 3 nitrogen and oxygen atoms in total. The lowest BCUT2D eigenvalue weighted by molar-refractivity contribution is -0.126. The third kappa shape index (κ3) is 4.09. The van der Waals surface area contributed by atoms with Crippen molar-refractivity contribution >= 4 is 5.91 Å². The molecule has 0 aromatic rings. The highest BCUT2D eigenvalue weighted by Gasteiger charge is 2.07. The van der Waals surface area contributed by atoms with Gasteiger partial charge in [-0.15, -0.1) is 0 Å². The van der Waals surface area contributed by atoms with Crippen LogP contribution >= 0.6 is 0 Å². The summed E-state index contributed by atoms with van der Waals surface area (Å²) in [6.07, 6.45) is 3.87. The first-order valence-corrected chi connectivity index (χ1v) is 3.27. The number of amides is 1. The Morgan fingerprint density at radius 3 is 2.80 bits per heavy atom. The third-order valence-corrected chi connectivity index (χ3v) is 1.17. The molecule has 0 fully saturated rings. The second-order valence-corrected chi connectivity index (χ2v) is 2.06. The van der Waals surface area contributed by atoms with Crippen molar-refractivity contribution in [2.45, 2.75) is 25.9 Å². The maximum Gasteiger partial charge on any atom is 0.246 e. The zero-order chi connectivity index (χ0) is 7.98. The zero-order valence-electron chi connectivity index (χ0n) is 6.08. The topological polar surface area (TPSA) is 63.3 Å². The van der Waals surface area contributed by atoms with Crippen molar-refractivity contribution in [3.63, 3.8) is 0 Å². The molecule has 0 rings (SSSR count). The van der Waals surface area contributed by atoms with Gasteiger partial charge in [-0.05, 0) is 19.8 Å². The van der Waals surface area contributed by atoms with Crippen LogP contribution in [0.1, 0.15) is 19.8 Å². The molecule has 0 saturated carbocycles. The minimum absolute atomic E-state index is 0.416.